The molecule has 0 amide bonds. The van der Waals surface area contributed by atoms with Crippen molar-refractivity contribution in [3.63, 3.8) is 0 Å². The number of benzene rings is 1. The topological polar surface area (TPSA) is 57.5 Å². The molecule has 0 radical (unpaired) electrons. The number of carboxylic acids is 1. The van der Waals surface area contributed by atoms with Gasteiger partial charge in [-0.25, -0.2) is 4.39 Å². The summed E-state index contributed by atoms with van der Waals surface area (Å²) in [6, 6.07) is 4.30. The second-order valence-electron chi connectivity index (χ2n) is 3.38. The number of hydrogen-bond donors (Lipinski definition) is 2. The van der Waals surface area contributed by atoms with E-state index in [0.29, 0.717) is 11.1 Å². The van der Waals surface area contributed by atoms with Crippen LogP contribution in [-0.2, 0) is 11.2 Å². The van der Waals surface area contributed by atoms with Crippen LogP contribution in [0.4, 0.5) is 4.39 Å². The molecule has 1 unspecified atom stereocenters. The highest BCUT2D eigenvalue weighted by Crippen LogP contribution is 2.19. The maximum Gasteiger partial charge on any atom is 0.310 e. The Morgan fingerprint density at radius 3 is 2.67 bits per heavy atom. The summed E-state index contributed by atoms with van der Waals surface area (Å²) in [7, 11) is 0. The molecule has 0 aliphatic heterocycles. The molecular formula is C11H13FO3. The van der Waals surface area contributed by atoms with Crippen LogP contribution in [0.25, 0.3) is 0 Å². The van der Waals surface area contributed by atoms with Crippen LogP contribution in [0.15, 0.2) is 18.2 Å². The molecule has 15 heavy (non-hydrogen) atoms. The fourth-order valence-electron chi connectivity index (χ4n) is 1.30. The van der Waals surface area contributed by atoms with Crippen molar-refractivity contribution in [2.45, 2.75) is 19.3 Å². The number of halogens is 1. The Bertz CT molecular complexity index is 363. The summed E-state index contributed by atoms with van der Waals surface area (Å²) in [4.78, 5) is 10.7. The Morgan fingerprint density at radius 1 is 1.53 bits per heavy atom. The molecule has 1 rings (SSSR count). The first kappa shape index (κ1) is 11.7. The van der Waals surface area contributed by atoms with Gasteiger partial charge in [-0.05, 0) is 30.5 Å². The summed E-state index contributed by atoms with van der Waals surface area (Å²) < 4.78 is 13.4. The highest BCUT2D eigenvalue weighted by molar-refractivity contribution is 5.75. The van der Waals surface area contributed by atoms with Crippen LogP contribution in [0.5, 0.6) is 0 Å². The zero-order valence-corrected chi connectivity index (χ0v) is 8.40. The predicted octanol–water partition coefficient (Wildman–Crippen LogP) is 1.55. The van der Waals surface area contributed by atoms with Crippen LogP contribution < -0.4 is 0 Å². The van der Waals surface area contributed by atoms with E-state index in [1.807, 2.05) is 0 Å². The van der Waals surface area contributed by atoms with E-state index in [1.54, 1.807) is 6.07 Å². The molecule has 3 nitrogen and oxygen atoms in total. The third-order valence-corrected chi connectivity index (χ3v) is 2.33. The smallest absolute Gasteiger partial charge is 0.310 e. The largest absolute Gasteiger partial charge is 0.481 e. The van der Waals surface area contributed by atoms with Crippen LogP contribution in [0.3, 0.4) is 0 Å². The lowest BCUT2D eigenvalue weighted by Gasteiger charge is -2.08. The molecule has 0 aromatic heterocycles. The molecule has 0 bridgehead atoms. The Morgan fingerprint density at radius 2 is 2.20 bits per heavy atom. The number of aliphatic hydroxyl groups excluding tert-OH is 1. The van der Waals surface area contributed by atoms with E-state index in [9.17, 15) is 9.18 Å². The third-order valence-electron chi connectivity index (χ3n) is 2.33. The van der Waals surface area contributed by atoms with Crippen LogP contribution in [-0.4, -0.2) is 22.8 Å². The van der Waals surface area contributed by atoms with Crippen molar-refractivity contribution in [2.75, 3.05) is 6.61 Å². The van der Waals surface area contributed by atoms with Gasteiger partial charge < -0.3 is 10.2 Å². The van der Waals surface area contributed by atoms with Crippen molar-refractivity contribution < 1.29 is 19.4 Å². The van der Waals surface area contributed by atoms with Gasteiger partial charge in [-0.2, -0.15) is 0 Å². The predicted molar refractivity (Wildman–Crippen MR) is 53.2 cm³/mol. The van der Waals surface area contributed by atoms with E-state index in [0.717, 1.165) is 0 Å². The van der Waals surface area contributed by atoms with Crippen LogP contribution in [0.2, 0.25) is 0 Å². The lowest BCUT2D eigenvalue weighted by atomic mass is 9.99. The zero-order chi connectivity index (χ0) is 11.4. The SMILES string of the molecule is CC(C(=O)O)c1ccc(CCO)c(F)c1. The summed E-state index contributed by atoms with van der Waals surface area (Å²) in [5.74, 6) is -2.17. The van der Waals surface area contributed by atoms with E-state index < -0.39 is 17.7 Å². The molecule has 0 saturated carbocycles. The highest BCUT2D eigenvalue weighted by atomic mass is 19.1. The average molecular weight is 212 g/mol. The fourth-order valence-corrected chi connectivity index (χ4v) is 1.30. The molecule has 0 aliphatic rings. The Hall–Kier alpha value is -1.42. The van der Waals surface area contributed by atoms with Crippen LogP contribution in [0, 0.1) is 5.82 Å². The maximum absolute atomic E-state index is 13.4. The van der Waals surface area contributed by atoms with Gasteiger partial charge in [0, 0.05) is 6.61 Å². The number of aliphatic carboxylic acids is 1. The summed E-state index contributed by atoms with van der Waals surface area (Å²) in [5.41, 5.74) is 0.834. The van der Waals surface area contributed by atoms with Gasteiger partial charge in [-0.15, -0.1) is 0 Å². The lowest BCUT2D eigenvalue weighted by Crippen LogP contribution is -2.08. The molecule has 0 aliphatic carbocycles. The third kappa shape index (κ3) is 2.76. The number of carboxylic acid groups (broad SMARTS) is 1. The zero-order valence-electron chi connectivity index (χ0n) is 8.40. The second kappa shape index (κ2) is 4.89. The van der Waals surface area contributed by atoms with Gasteiger partial charge in [0.15, 0.2) is 0 Å². The van der Waals surface area contributed by atoms with Gasteiger partial charge in [-0.3, -0.25) is 4.79 Å². The molecule has 0 heterocycles. The minimum atomic E-state index is -0.982. The Labute approximate surface area is 87.2 Å². The van der Waals surface area contributed by atoms with Gasteiger partial charge in [0.25, 0.3) is 0 Å². The highest BCUT2D eigenvalue weighted by Gasteiger charge is 2.15. The first-order valence-electron chi connectivity index (χ1n) is 4.68. The quantitative estimate of drug-likeness (QED) is 0.796. The van der Waals surface area contributed by atoms with Gasteiger partial charge in [0.05, 0.1) is 5.92 Å². The molecule has 0 fully saturated rings. The van der Waals surface area contributed by atoms with Gasteiger partial charge in [-0.1, -0.05) is 12.1 Å². The molecule has 1 aromatic carbocycles. The lowest BCUT2D eigenvalue weighted by molar-refractivity contribution is -0.138. The Kier molecular flexibility index (Phi) is 3.80. The van der Waals surface area contributed by atoms with E-state index >= 15 is 0 Å². The molecule has 82 valence electrons. The monoisotopic (exact) mass is 212 g/mol. The fraction of sp³-hybridized carbons (Fsp3) is 0.364. The molecule has 1 atom stereocenters. The van der Waals surface area contributed by atoms with Crippen LogP contribution >= 0.6 is 0 Å². The Balaban J connectivity index is 2.95. The van der Waals surface area contributed by atoms with Crippen molar-refractivity contribution in [1.82, 2.24) is 0 Å². The minimum Gasteiger partial charge on any atom is -0.481 e. The van der Waals surface area contributed by atoms with Gasteiger partial charge in [0.1, 0.15) is 5.82 Å². The summed E-state index contributed by atoms with van der Waals surface area (Å²) in [6.07, 6.45) is 0.244. The molecule has 4 heteroatoms. The number of carbonyl (C=O) groups is 1. The van der Waals surface area contributed by atoms with Crippen LogP contribution in [0.1, 0.15) is 24.0 Å². The summed E-state index contributed by atoms with van der Waals surface area (Å²) >= 11 is 0. The normalized spacial score (nSPS) is 12.5. The first-order chi connectivity index (χ1) is 7.06. The standard InChI is InChI=1S/C11H13FO3/c1-7(11(14)15)9-3-2-8(4-5-13)10(12)6-9/h2-3,6-7,13H,4-5H2,1H3,(H,14,15). The van der Waals surface area contributed by atoms with Crippen molar-refractivity contribution >= 4 is 5.97 Å². The summed E-state index contributed by atoms with van der Waals surface area (Å²) in [6.45, 7) is 1.38. The van der Waals surface area contributed by atoms with Crippen molar-refractivity contribution in [3.8, 4) is 0 Å². The molecule has 1 aromatic rings. The average Bonchev–Trinajstić information content (AvgIpc) is 2.20. The second-order valence-corrected chi connectivity index (χ2v) is 3.38. The molecule has 2 N–H and O–H groups in total. The van der Waals surface area contributed by atoms with E-state index in [1.165, 1.54) is 19.1 Å². The van der Waals surface area contributed by atoms with Gasteiger partial charge >= 0.3 is 5.97 Å². The maximum atomic E-state index is 13.4. The summed E-state index contributed by atoms with van der Waals surface area (Å²) in [5, 5.41) is 17.4. The number of rotatable bonds is 4. The van der Waals surface area contributed by atoms with E-state index in [-0.39, 0.29) is 13.0 Å². The first-order valence-corrected chi connectivity index (χ1v) is 4.68. The van der Waals surface area contributed by atoms with Crippen molar-refractivity contribution in [1.29, 1.82) is 0 Å². The number of aliphatic hydroxyl groups is 1. The van der Waals surface area contributed by atoms with Crippen molar-refractivity contribution in [2.24, 2.45) is 0 Å². The molecular weight excluding hydrogens is 199 g/mol. The van der Waals surface area contributed by atoms with E-state index in [2.05, 4.69) is 0 Å². The van der Waals surface area contributed by atoms with Crippen molar-refractivity contribution in [3.05, 3.63) is 35.1 Å². The van der Waals surface area contributed by atoms with E-state index in [4.69, 9.17) is 10.2 Å². The number of hydrogen-bond acceptors (Lipinski definition) is 2. The molecule has 0 saturated heterocycles. The molecule has 0 spiro atoms. The van der Waals surface area contributed by atoms with Gasteiger partial charge in [0.2, 0.25) is 0 Å². The minimum absolute atomic E-state index is 0.120.